The molecule has 3 heteroatoms. The maximum atomic E-state index is 8.68. The molecular formula is C14H29NO2. The van der Waals surface area contributed by atoms with Crippen LogP contribution < -0.4 is 5.32 Å². The molecule has 0 aromatic rings. The van der Waals surface area contributed by atoms with E-state index in [4.69, 9.17) is 9.84 Å². The Morgan fingerprint density at radius 1 is 1.24 bits per heavy atom. The van der Waals surface area contributed by atoms with Crippen molar-refractivity contribution in [3.05, 3.63) is 0 Å². The van der Waals surface area contributed by atoms with E-state index in [-0.39, 0.29) is 0 Å². The lowest BCUT2D eigenvalue weighted by Gasteiger charge is -2.30. The second-order valence-electron chi connectivity index (χ2n) is 5.09. The monoisotopic (exact) mass is 243 g/mol. The van der Waals surface area contributed by atoms with E-state index in [2.05, 4.69) is 12.2 Å². The van der Waals surface area contributed by atoms with Crippen molar-refractivity contribution in [3.8, 4) is 0 Å². The van der Waals surface area contributed by atoms with Crippen molar-refractivity contribution in [3.63, 3.8) is 0 Å². The van der Waals surface area contributed by atoms with E-state index in [1.807, 2.05) is 0 Å². The van der Waals surface area contributed by atoms with Crippen LogP contribution in [0, 0.1) is 0 Å². The summed E-state index contributed by atoms with van der Waals surface area (Å²) in [5.41, 5.74) is 0. The number of hydrogen-bond donors (Lipinski definition) is 2. The smallest absolute Gasteiger partial charge is 0.0589 e. The largest absolute Gasteiger partial charge is 0.396 e. The number of aliphatic hydroxyl groups excluding tert-OH is 1. The molecule has 2 unspecified atom stereocenters. The molecule has 1 aliphatic heterocycles. The minimum absolute atomic E-state index is 0.339. The summed E-state index contributed by atoms with van der Waals surface area (Å²) >= 11 is 0. The fraction of sp³-hybridized carbons (Fsp3) is 1.00. The molecule has 2 atom stereocenters. The van der Waals surface area contributed by atoms with Gasteiger partial charge in [-0.2, -0.15) is 0 Å². The van der Waals surface area contributed by atoms with E-state index in [0.717, 1.165) is 32.4 Å². The maximum Gasteiger partial charge on any atom is 0.0589 e. The maximum absolute atomic E-state index is 8.68. The Morgan fingerprint density at radius 2 is 2.06 bits per heavy atom. The van der Waals surface area contributed by atoms with Crippen LogP contribution in [0.3, 0.4) is 0 Å². The van der Waals surface area contributed by atoms with Crippen LogP contribution in [0.2, 0.25) is 0 Å². The number of ether oxygens (including phenoxy) is 1. The lowest BCUT2D eigenvalue weighted by atomic mass is 10.00. The van der Waals surface area contributed by atoms with Gasteiger partial charge < -0.3 is 15.2 Å². The van der Waals surface area contributed by atoms with Gasteiger partial charge in [-0.15, -0.1) is 0 Å². The summed E-state index contributed by atoms with van der Waals surface area (Å²) in [6.07, 6.45) is 9.83. The molecule has 0 saturated carbocycles. The van der Waals surface area contributed by atoms with Crippen molar-refractivity contribution in [1.29, 1.82) is 0 Å². The molecule has 1 heterocycles. The number of rotatable bonds is 9. The zero-order chi connectivity index (χ0) is 12.3. The first kappa shape index (κ1) is 14.9. The molecule has 0 radical (unpaired) electrons. The third-order valence-electron chi connectivity index (χ3n) is 3.50. The van der Waals surface area contributed by atoms with E-state index in [0.29, 0.717) is 18.8 Å². The van der Waals surface area contributed by atoms with Crippen LogP contribution in [0.25, 0.3) is 0 Å². The Morgan fingerprint density at radius 3 is 2.82 bits per heavy atom. The second kappa shape index (κ2) is 9.86. The van der Waals surface area contributed by atoms with Crippen LogP contribution in [-0.4, -0.2) is 37.0 Å². The zero-order valence-electron chi connectivity index (χ0n) is 11.3. The van der Waals surface area contributed by atoms with Crippen LogP contribution in [-0.2, 0) is 4.74 Å². The summed E-state index contributed by atoms with van der Waals surface area (Å²) in [5.74, 6) is 0. The Balaban J connectivity index is 1.98. The molecule has 0 amide bonds. The summed E-state index contributed by atoms with van der Waals surface area (Å²) in [5, 5.41) is 12.3. The molecule has 1 saturated heterocycles. The van der Waals surface area contributed by atoms with Gasteiger partial charge in [0.25, 0.3) is 0 Å². The Bertz CT molecular complexity index is 174. The van der Waals surface area contributed by atoms with Gasteiger partial charge in [0.15, 0.2) is 0 Å². The van der Waals surface area contributed by atoms with E-state index < -0.39 is 0 Å². The van der Waals surface area contributed by atoms with Crippen molar-refractivity contribution < 1.29 is 9.84 Å². The third-order valence-corrected chi connectivity index (χ3v) is 3.50. The van der Waals surface area contributed by atoms with Crippen molar-refractivity contribution in [2.45, 2.75) is 70.4 Å². The topological polar surface area (TPSA) is 41.5 Å². The van der Waals surface area contributed by atoms with E-state index >= 15 is 0 Å². The highest BCUT2D eigenvalue weighted by Gasteiger charge is 2.20. The van der Waals surface area contributed by atoms with Crippen LogP contribution in [0.15, 0.2) is 0 Å². The van der Waals surface area contributed by atoms with Gasteiger partial charge in [-0.25, -0.2) is 0 Å². The van der Waals surface area contributed by atoms with Crippen molar-refractivity contribution >= 4 is 0 Å². The normalized spacial score (nSPS) is 25.1. The Hall–Kier alpha value is -0.120. The summed E-state index contributed by atoms with van der Waals surface area (Å²) in [6, 6.07) is 0.665. The fourth-order valence-corrected chi connectivity index (χ4v) is 2.49. The average Bonchev–Trinajstić information content (AvgIpc) is 2.35. The molecule has 0 aliphatic carbocycles. The van der Waals surface area contributed by atoms with Gasteiger partial charge in [-0.05, 0) is 38.6 Å². The van der Waals surface area contributed by atoms with Gasteiger partial charge >= 0.3 is 0 Å². The molecule has 2 N–H and O–H groups in total. The minimum atomic E-state index is 0.339. The van der Waals surface area contributed by atoms with Crippen molar-refractivity contribution in [2.75, 3.05) is 19.8 Å². The third kappa shape index (κ3) is 7.02. The lowest BCUT2D eigenvalue weighted by molar-refractivity contribution is -0.00311. The summed E-state index contributed by atoms with van der Waals surface area (Å²) < 4.78 is 5.74. The standard InChI is InChI=1S/C14H29NO2/c1-2-7-14-12-13(8-11-17-14)15-9-5-3-4-6-10-16/h13-16H,2-12H2,1H3. The van der Waals surface area contributed by atoms with Gasteiger partial charge in [0.2, 0.25) is 0 Å². The number of nitrogens with one attached hydrogen (secondary N) is 1. The highest BCUT2D eigenvalue weighted by molar-refractivity contribution is 4.76. The SMILES string of the molecule is CCCC1CC(NCCCCCCO)CCO1. The fourth-order valence-electron chi connectivity index (χ4n) is 2.49. The molecule has 3 nitrogen and oxygen atoms in total. The van der Waals surface area contributed by atoms with Crippen LogP contribution >= 0.6 is 0 Å². The minimum Gasteiger partial charge on any atom is -0.396 e. The molecule has 0 aromatic carbocycles. The predicted molar refractivity (Wildman–Crippen MR) is 71.2 cm³/mol. The molecular weight excluding hydrogens is 214 g/mol. The quantitative estimate of drug-likeness (QED) is 0.611. The first-order valence-electron chi connectivity index (χ1n) is 7.32. The Kier molecular flexibility index (Phi) is 8.67. The van der Waals surface area contributed by atoms with Crippen LogP contribution in [0.1, 0.15) is 58.3 Å². The van der Waals surface area contributed by atoms with Crippen molar-refractivity contribution in [1.82, 2.24) is 5.32 Å². The molecule has 1 rings (SSSR count). The lowest BCUT2D eigenvalue weighted by Crippen LogP contribution is -2.39. The van der Waals surface area contributed by atoms with E-state index in [1.54, 1.807) is 0 Å². The summed E-state index contributed by atoms with van der Waals surface area (Å²) in [4.78, 5) is 0. The van der Waals surface area contributed by atoms with Gasteiger partial charge in [-0.3, -0.25) is 0 Å². The van der Waals surface area contributed by atoms with Gasteiger partial charge in [0.05, 0.1) is 6.10 Å². The van der Waals surface area contributed by atoms with Crippen LogP contribution in [0.4, 0.5) is 0 Å². The average molecular weight is 243 g/mol. The molecule has 17 heavy (non-hydrogen) atoms. The predicted octanol–water partition coefficient (Wildman–Crippen LogP) is 2.48. The van der Waals surface area contributed by atoms with Crippen LogP contribution in [0.5, 0.6) is 0 Å². The first-order valence-corrected chi connectivity index (χ1v) is 7.32. The second-order valence-corrected chi connectivity index (χ2v) is 5.09. The number of unbranched alkanes of at least 4 members (excludes halogenated alkanes) is 3. The van der Waals surface area contributed by atoms with Gasteiger partial charge in [0.1, 0.15) is 0 Å². The number of aliphatic hydroxyl groups is 1. The molecule has 1 aliphatic rings. The first-order chi connectivity index (χ1) is 8.36. The highest BCUT2D eigenvalue weighted by Crippen LogP contribution is 2.17. The highest BCUT2D eigenvalue weighted by atomic mass is 16.5. The zero-order valence-corrected chi connectivity index (χ0v) is 11.3. The van der Waals surface area contributed by atoms with Gasteiger partial charge in [0, 0.05) is 19.3 Å². The van der Waals surface area contributed by atoms with Crippen molar-refractivity contribution in [2.24, 2.45) is 0 Å². The van der Waals surface area contributed by atoms with E-state index in [9.17, 15) is 0 Å². The molecule has 1 fully saturated rings. The molecule has 0 aromatic heterocycles. The summed E-state index contributed by atoms with van der Waals surface area (Å²) in [7, 11) is 0. The molecule has 0 bridgehead atoms. The summed E-state index contributed by atoms with van der Waals surface area (Å²) in [6.45, 7) is 4.61. The van der Waals surface area contributed by atoms with E-state index in [1.165, 1.54) is 32.1 Å². The van der Waals surface area contributed by atoms with Gasteiger partial charge in [-0.1, -0.05) is 26.2 Å². The molecule has 0 spiro atoms. The number of hydrogen-bond acceptors (Lipinski definition) is 3. The Labute approximate surface area is 106 Å². The molecule has 102 valence electrons.